The van der Waals surface area contributed by atoms with Gasteiger partial charge in [-0.05, 0) is 36.2 Å². The smallest absolute Gasteiger partial charge is 0.348 e. The fourth-order valence-electron chi connectivity index (χ4n) is 8.38. The molecule has 0 aromatic carbocycles. The van der Waals surface area contributed by atoms with E-state index in [1.54, 1.807) is 13.8 Å². The Bertz CT molecular complexity index is 1100. The summed E-state index contributed by atoms with van der Waals surface area (Å²) in [5.41, 5.74) is -4.05. The molecule has 0 amide bonds. The number of carbonyl (C=O) groups excluding carboxylic acids is 4. The van der Waals surface area contributed by atoms with E-state index in [2.05, 4.69) is 0 Å². The normalized spacial score (nSPS) is 46.2. The summed E-state index contributed by atoms with van der Waals surface area (Å²) in [4.78, 5) is 52.3. The molecule has 0 aromatic heterocycles. The van der Waals surface area contributed by atoms with Crippen LogP contribution in [0.15, 0.2) is 11.3 Å². The van der Waals surface area contributed by atoms with Crippen LogP contribution in [0, 0.1) is 34.5 Å². The van der Waals surface area contributed by atoms with E-state index in [0.717, 1.165) is 7.11 Å². The van der Waals surface area contributed by atoms with E-state index in [1.165, 1.54) is 0 Å². The van der Waals surface area contributed by atoms with Crippen molar-refractivity contribution in [2.45, 2.75) is 77.0 Å². The number of ether oxygens (including phenoxy) is 4. The van der Waals surface area contributed by atoms with Gasteiger partial charge >= 0.3 is 17.9 Å². The Morgan fingerprint density at radius 3 is 2.49 bits per heavy atom. The third kappa shape index (κ3) is 3.10. The fourth-order valence-corrected chi connectivity index (χ4v) is 8.38. The van der Waals surface area contributed by atoms with Crippen molar-refractivity contribution in [1.82, 2.24) is 0 Å². The van der Waals surface area contributed by atoms with E-state index < -0.39 is 82.3 Å². The van der Waals surface area contributed by atoms with E-state index >= 15 is 0 Å². The van der Waals surface area contributed by atoms with Crippen LogP contribution in [0.5, 0.6) is 0 Å². The molecule has 11 nitrogen and oxygen atoms in total. The molecule has 2 saturated heterocycles. The minimum atomic E-state index is -2.19. The highest BCUT2D eigenvalue weighted by Crippen LogP contribution is 2.72. The summed E-state index contributed by atoms with van der Waals surface area (Å²) in [6.45, 7) is 6.84. The van der Waals surface area contributed by atoms with Crippen molar-refractivity contribution in [3.8, 4) is 0 Å². The highest BCUT2D eigenvalue weighted by Gasteiger charge is 2.85. The summed E-state index contributed by atoms with van der Waals surface area (Å²) >= 11 is 0. The first-order valence-electron chi connectivity index (χ1n) is 12.7. The minimum Gasteiger partial charge on any atom is -0.504 e. The number of esters is 3. The molecule has 3 N–H and O–H groups in total. The van der Waals surface area contributed by atoms with Crippen LogP contribution in [0.2, 0.25) is 0 Å². The molecule has 2 bridgehead atoms. The van der Waals surface area contributed by atoms with Crippen LogP contribution < -0.4 is 0 Å². The average molecular weight is 523 g/mol. The van der Waals surface area contributed by atoms with Crippen LogP contribution in [0.3, 0.4) is 0 Å². The Morgan fingerprint density at radius 2 is 1.86 bits per heavy atom. The number of Topliss-reactive ketones (excluding diaryl/α,β-unsaturated/α-hetero) is 1. The van der Waals surface area contributed by atoms with Crippen molar-refractivity contribution < 1.29 is 53.4 Å². The van der Waals surface area contributed by atoms with Crippen LogP contribution >= 0.6 is 0 Å². The van der Waals surface area contributed by atoms with E-state index in [4.69, 9.17) is 18.9 Å². The van der Waals surface area contributed by atoms with E-state index in [0.29, 0.717) is 5.57 Å². The second kappa shape index (κ2) is 8.25. The van der Waals surface area contributed by atoms with Crippen LogP contribution in [-0.2, 0) is 38.1 Å². The third-order valence-corrected chi connectivity index (χ3v) is 9.67. The maximum absolute atomic E-state index is 13.4. The topological polar surface area (TPSA) is 166 Å². The predicted octanol–water partition coefficient (Wildman–Crippen LogP) is 0.597. The number of carbonyl (C=O) groups is 4. The van der Waals surface area contributed by atoms with Gasteiger partial charge in [0.15, 0.2) is 11.5 Å². The number of hydrogen-bond donors (Lipinski definition) is 3. The monoisotopic (exact) mass is 522 g/mol. The number of aliphatic hydroxyl groups is 3. The Balaban J connectivity index is 1.72. The number of aliphatic hydroxyl groups excluding tert-OH is 3. The second-order valence-corrected chi connectivity index (χ2v) is 11.9. The summed E-state index contributed by atoms with van der Waals surface area (Å²) in [6.07, 6.45) is -5.87. The number of allylic oxidation sites excluding steroid dienone is 2. The molecule has 0 unspecified atom stereocenters. The van der Waals surface area contributed by atoms with Crippen molar-refractivity contribution in [1.29, 1.82) is 0 Å². The molecular weight excluding hydrogens is 488 g/mol. The lowest BCUT2D eigenvalue weighted by molar-refractivity contribution is -0.290. The van der Waals surface area contributed by atoms with Crippen molar-refractivity contribution in [3.63, 3.8) is 0 Å². The fraction of sp³-hybridized carbons (Fsp3) is 0.769. The number of methoxy groups -OCH3 is 1. The number of fused-ring (bicyclic) bond motifs is 2. The lowest BCUT2D eigenvalue weighted by Crippen LogP contribution is -2.79. The zero-order valence-corrected chi connectivity index (χ0v) is 21.6. The molecule has 11 heteroatoms. The standard InChI is InChI=1S/C26H34O11/c1-10(2)6-15(28)37-18-20-25-9-35-26(20,23(33)34-5)21(31)17(30)19(25)24(4)8-13(27)16(29)11(3)12(24)7-14(25)36-22(18)32/h10,12,14,17-21,29-31H,6-9H2,1-5H3/t12-,14+,17-,18+,19+,20+,21+,24+,25-,26+/m1/s1. The van der Waals surface area contributed by atoms with Crippen molar-refractivity contribution >= 4 is 23.7 Å². The summed E-state index contributed by atoms with van der Waals surface area (Å²) in [5.74, 6) is -6.09. The summed E-state index contributed by atoms with van der Waals surface area (Å²) in [5, 5.41) is 33.6. The van der Waals surface area contributed by atoms with Crippen molar-refractivity contribution in [2.75, 3.05) is 13.7 Å². The van der Waals surface area contributed by atoms with Gasteiger partial charge in [-0.2, -0.15) is 0 Å². The first-order chi connectivity index (χ1) is 17.3. The molecule has 37 heavy (non-hydrogen) atoms. The maximum Gasteiger partial charge on any atom is 0.348 e. The second-order valence-electron chi connectivity index (χ2n) is 11.9. The van der Waals surface area contributed by atoms with Gasteiger partial charge in [0.25, 0.3) is 0 Å². The molecule has 204 valence electrons. The Kier molecular flexibility index (Phi) is 5.82. The van der Waals surface area contributed by atoms with Crippen LogP contribution in [0.25, 0.3) is 0 Å². The Labute approximate surface area is 214 Å². The third-order valence-electron chi connectivity index (χ3n) is 9.67. The van der Waals surface area contributed by atoms with Crippen molar-refractivity contribution in [2.24, 2.45) is 34.5 Å². The molecule has 5 aliphatic rings. The Morgan fingerprint density at radius 1 is 1.19 bits per heavy atom. The lowest BCUT2D eigenvalue weighted by Gasteiger charge is -2.67. The minimum absolute atomic E-state index is 0.00513. The van der Waals surface area contributed by atoms with E-state index in [9.17, 15) is 34.5 Å². The van der Waals surface area contributed by atoms with E-state index in [-0.39, 0.29) is 37.5 Å². The van der Waals surface area contributed by atoms with Gasteiger partial charge in [0.2, 0.25) is 11.7 Å². The molecule has 5 rings (SSSR count). The molecule has 2 aliphatic heterocycles. The van der Waals surface area contributed by atoms with Crippen LogP contribution in [-0.4, -0.2) is 82.7 Å². The molecule has 0 aromatic rings. The molecule has 3 aliphatic carbocycles. The molecule has 0 radical (unpaired) electrons. The Hall–Kier alpha value is -2.50. The number of rotatable bonds is 4. The van der Waals surface area contributed by atoms with Gasteiger partial charge in [-0.3, -0.25) is 9.59 Å². The van der Waals surface area contributed by atoms with Crippen molar-refractivity contribution in [3.05, 3.63) is 11.3 Å². The lowest BCUT2D eigenvalue weighted by atomic mass is 9.38. The molecule has 4 fully saturated rings. The zero-order chi connectivity index (χ0) is 27.2. The highest BCUT2D eigenvalue weighted by atomic mass is 16.6. The summed E-state index contributed by atoms with van der Waals surface area (Å²) in [7, 11) is 1.10. The largest absolute Gasteiger partial charge is 0.504 e. The average Bonchev–Trinajstić information content (AvgIpc) is 3.12. The predicted molar refractivity (Wildman–Crippen MR) is 123 cm³/mol. The van der Waals surface area contributed by atoms with Gasteiger partial charge in [0.05, 0.1) is 25.7 Å². The number of ketones is 1. The van der Waals surface area contributed by atoms with E-state index in [1.807, 2.05) is 13.8 Å². The van der Waals surface area contributed by atoms with Gasteiger partial charge in [0.1, 0.15) is 12.2 Å². The zero-order valence-electron chi connectivity index (χ0n) is 21.6. The summed E-state index contributed by atoms with van der Waals surface area (Å²) in [6, 6.07) is 0. The van der Waals surface area contributed by atoms with Gasteiger partial charge < -0.3 is 34.3 Å². The molecule has 2 saturated carbocycles. The van der Waals surface area contributed by atoms with Crippen LogP contribution in [0.4, 0.5) is 0 Å². The molecule has 1 spiro atoms. The first-order valence-corrected chi connectivity index (χ1v) is 12.7. The molecule has 2 heterocycles. The quantitative estimate of drug-likeness (QED) is 0.349. The van der Waals surface area contributed by atoms with Gasteiger partial charge in [0, 0.05) is 24.2 Å². The van der Waals surface area contributed by atoms with Gasteiger partial charge in [-0.15, -0.1) is 0 Å². The first kappa shape index (κ1) is 26.1. The summed E-state index contributed by atoms with van der Waals surface area (Å²) < 4.78 is 22.6. The van der Waals surface area contributed by atoms with Crippen LogP contribution in [0.1, 0.15) is 47.0 Å². The maximum atomic E-state index is 13.4. The SMILES string of the molecule is COC(=O)[C@@]12OC[C@@]34[C@H](C[C@@H]5C(C)=C(O)C(=O)C[C@]5(C)[C@@H]3[C@@H](O)[C@@H]1O)OC(=O)[C@@H](OC(=O)CC(C)C)[C@H]24. The van der Waals surface area contributed by atoms with Gasteiger partial charge in [-0.25, -0.2) is 9.59 Å². The van der Waals surface area contributed by atoms with Gasteiger partial charge in [-0.1, -0.05) is 20.8 Å². The number of hydrogen-bond acceptors (Lipinski definition) is 11. The molecular formula is C26H34O11. The molecule has 10 atom stereocenters. The highest BCUT2D eigenvalue weighted by molar-refractivity contribution is 5.95.